The van der Waals surface area contributed by atoms with Crippen molar-refractivity contribution in [3.8, 4) is 17.6 Å². The Kier molecular flexibility index (Phi) is 5.01. The summed E-state index contributed by atoms with van der Waals surface area (Å²) in [6, 6.07) is 6.48. The largest absolute Gasteiger partial charge is 0.457 e. The molecule has 0 saturated heterocycles. The van der Waals surface area contributed by atoms with E-state index in [0.29, 0.717) is 0 Å². The molecule has 10 heteroatoms. The average molecular weight is 405 g/mol. The van der Waals surface area contributed by atoms with Gasteiger partial charge in [-0.25, -0.2) is 13.2 Å². The first kappa shape index (κ1) is 19.4. The summed E-state index contributed by atoms with van der Waals surface area (Å²) >= 11 is -0.614. The number of rotatable bonds is 3. The van der Waals surface area contributed by atoms with Crippen molar-refractivity contribution < 1.29 is 36.2 Å². The molecule has 3 rings (SSSR count). The smallest absolute Gasteiger partial charge is 0.446 e. The highest BCUT2D eigenvalue weighted by Crippen LogP contribution is 2.53. The van der Waals surface area contributed by atoms with Crippen LogP contribution in [0, 0.1) is 17.1 Å². The van der Waals surface area contributed by atoms with Crippen LogP contribution in [0.2, 0.25) is 0 Å². The van der Waals surface area contributed by atoms with Gasteiger partial charge in [0, 0.05) is 22.1 Å². The first-order valence-corrected chi connectivity index (χ1v) is 8.19. The monoisotopic (exact) mass is 405 g/mol. The first-order valence-electron chi connectivity index (χ1n) is 7.38. The Hall–Kier alpha value is -2.38. The molecule has 3 nitrogen and oxygen atoms in total. The standard InChI is InChI=1S/C17H9F6NO2S/c18-8-3-7(6-24)4-9(5-8)26-10-1-2-11(27-17(21,22)23)13-12(10)14(19)15(20)16(13)25/h1-5,14-16,25H/t14-,15-,16+/m1/s1. The third kappa shape index (κ3) is 3.84. The number of thioether (sulfide) groups is 1. The highest BCUT2D eigenvalue weighted by molar-refractivity contribution is 8.00. The van der Waals surface area contributed by atoms with Crippen molar-refractivity contribution in [1.29, 1.82) is 5.26 Å². The summed E-state index contributed by atoms with van der Waals surface area (Å²) in [5, 5.41) is 18.7. The number of fused-ring (bicyclic) bond motifs is 1. The lowest BCUT2D eigenvalue weighted by atomic mass is 10.1. The average Bonchev–Trinajstić information content (AvgIpc) is 2.80. The molecule has 2 aromatic rings. The number of halogens is 6. The molecule has 0 aromatic heterocycles. The van der Waals surface area contributed by atoms with Gasteiger partial charge in [0.1, 0.15) is 23.4 Å². The number of aliphatic hydroxyl groups excluding tert-OH is 1. The van der Waals surface area contributed by atoms with Crippen molar-refractivity contribution in [2.24, 2.45) is 0 Å². The van der Waals surface area contributed by atoms with Gasteiger partial charge in [0.25, 0.3) is 0 Å². The summed E-state index contributed by atoms with van der Waals surface area (Å²) in [5.41, 5.74) is -5.98. The fraction of sp³-hybridized carbons (Fsp3) is 0.235. The number of ether oxygens (including phenoxy) is 1. The van der Waals surface area contributed by atoms with Crippen molar-refractivity contribution in [3.63, 3.8) is 0 Å². The highest BCUT2D eigenvalue weighted by Gasteiger charge is 2.46. The highest BCUT2D eigenvalue weighted by atomic mass is 32.2. The lowest BCUT2D eigenvalue weighted by Crippen LogP contribution is -2.10. The number of nitrogens with zero attached hydrogens (tertiary/aromatic N) is 1. The maximum atomic E-state index is 14.3. The SMILES string of the molecule is N#Cc1cc(F)cc(Oc2ccc(SC(F)(F)F)c3c2[C@@H](F)[C@@H](F)[C@H]3O)c1. The zero-order valence-corrected chi connectivity index (χ0v) is 13.9. The van der Waals surface area contributed by atoms with Crippen LogP contribution < -0.4 is 4.74 Å². The fourth-order valence-electron chi connectivity index (χ4n) is 2.78. The van der Waals surface area contributed by atoms with E-state index >= 15 is 0 Å². The van der Waals surface area contributed by atoms with Crippen molar-refractivity contribution in [2.75, 3.05) is 0 Å². The molecule has 0 saturated carbocycles. The molecule has 0 unspecified atom stereocenters. The third-order valence-electron chi connectivity index (χ3n) is 3.81. The van der Waals surface area contributed by atoms with E-state index in [9.17, 15) is 31.4 Å². The quantitative estimate of drug-likeness (QED) is 0.542. The number of alkyl halides is 5. The summed E-state index contributed by atoms with van der Waals surface area (Å²) < 4.78 is 85.2. The molecule has 27 heavy (non-hydrogen) atoms. The maximum Gasteiger partial charge on any atom is 0.446 e. The summed E-state index contributed by atoms with van der Waals surface area (Å²) in [4.78, 5) is -0.558. The molecule has 0 spiro atoms. The van der Waals surface area contributed by atoms with Crippen LogP contribution in [0.5, 0.6) is 11.5 Å². The molecule has 1 aliphatic rings. The molecule has 0 radical (unpaired) electrons. The van der Waals surface area contributed by atoms with Gasteiger partial charge in [0.2, 0.25) is 0 Å². The summed E-state index contributed by atoms with van der Waals surface area (Å²) in [6.45, 7) is 0. The third-order valence-corrected chi connectivity index (χ3v) is 4.62. The van der Waals surface area contributed by atoms with E-state index in [2.05, 4.69) is 0 Å². The minimum absolute atomic E-state index is 0.105. The molecule has 0 heterocycles. The minimum atomic E-state index is -4.74. The van der Waals surface area contributed by atoms with Gasteiger partial charge < -0.3 is 9.84 Å². The topological polar surface area (TPSA) is 53.2 Å². The van der Waals surface area contributed by atoms with Crippen LogP contribution in [0.15, 0.2) is 35.2 Å². The second-order valence-corrected chi connectivity index (χ2v) is 6.72. The van der Waals surface area contributed by atoms with Crippen LogP contribution in [-0.4, -0.2) is 16.8 Å². The Balaban J connectivity index is 2.08. The molecule has 0 amide bonds. The summed E-state index contributed by atoms with van der Waals surface area (Å²) in [5.74, 6) is -1.43. The number of hydrogen-bond donors (Lipinski definition) is 1. The van der Waals surface area contributed by atoms with Crippen LogP contribution in [-0.2, 0) is 0 Å². The van der Waals surface area contributed by atoms with Crippen molar-refractivity contribution in [1.82, 2.24) is 0 Å². The number of hydrogen-bond acceptors (Lipinski definition) is 4. The van der Waals surface area contributed by atoms with Crippen LogP contribution >= 0.6 is 11.8 Å². The molecule has 3 atom stereocenters. The van der Waals surface area contributed by atoms with Crippen LogP contribution in [0.4, 0.5) is 26.3 Å². The summed E-state index contributed by atoms with van der Waals surface area (Å²) in [6.07, 6.45) is -7.01. The fourth-order valence-corrected chi connectivity index (χ4v) is 3.51. The lowest BCUT2D eigenvalue weighted by molar-refractivity contribution is -0.0329. The Morgan fingerprint density at radius 2 is 1.81 bits per heavy atom. The molecular weight excluding hydrogens is 396 g/mol. The van der Waals surface area contributed by atoms with E-state index in [1.807, 2.05) is 0 Å². The van der Waals surface area contributed by atoms with Gasteiger partial charge >= 0.3 is 5.51 Å². The Morgan fingerprint density at radius 3 is 2.44 bits per heavy atom. The van der Waals surface area contributed by atoms with Gasteiger partial charge in [0.05, 0.1) is 11.6 Å². The second-order valence-electron chi connectivity index (χ2n) is 5.62. The van der Waals surface area contributed by atoms with Gasteiger partial charge in [-0.05, 0) is 36.0 Å². The Labute approximate surface area is 153 Å². The molecule has 0 fully saturated rings. The molecular formula is C17H9F6NO2S. The molecule has 1 N–H and O–H groups in total. The van der Waals surface area contributed by atoms with Crippen LogP contribution in [0.1, 0.15) is 29.0 Å². The first-order chi connectivity index (χ1) is 12.6. The van der Waals surface area contributed by atoms with E-state index in [4.69, 9.17) is 10.00 Å². The normalized spacial score (nSPS) is 21.6. The van der Waals surface area contributed by atoms with E-state index in [-0.39, 0.29) is 17.1 Å². The Bertz CT molecular complexity index is 927. The molecule has 0 bridgehead atoms. The molecule has 2 aromatic carbocycles. The summed E-state index contributed by atoms with van der Waals surface area (Å²) in [7, 11) is 0. The van der Waals surface area contributed by atoms with Gasteiger partial charge in [-0.15, -0.1) is 0 Å². The van der Waals surface area contributed by atoms with E-state index in [1.165, 1.54) is 0 Å². The lowest BCUT2D eigenvalue weighted by Gasteiger charge is -2.16. The van der Waals surface area contributed by atoms with Crippen molar-refractivity contribution in [3.05, 3.63) is 52.8 Å². The zero-order valence-electron chi connectivity index (χ0n) is 13.1. The van der Waals surface area contributed by atoms with Gasteiger partial charge in [-0.1, -0.05) is 0 Å². The second kappa shape index (κ2) is 6.98. The molecule has 1 aliphatic carbocycles. The molecule has 142 valence electrons. The van der Waals surface area contributed by atoms with Crippen molar-refractivity contribution in [2.45, 2.75) is 28.9 Å². The van der Waals surface area contributed by atoms with Crippen molar-refractivity contribution >= 4 is 11.8 Å². The zero-order chi connectivity index (χ0) is 19.9. The van der Waals surface area contributed by atoms with E-state index in [1.54, 1.807) is 6.07 Å². The number of benzene rings is 2. The van der Waals surface area contributed by atoms with E-state index in [0.717, 1.165) is 30.3 Å². The number of nitriles is 1. The minimum Gasteiger partial charge on any atom is -0.457 e. The number of aliphatic hydroxyl groups is 1. The van der Waals surface area contributed by atoms with Gasteiger partial charge in [-0.3, -0.25) is 0 Å². The predicted octanol–water partition coefficient (Wildman–Crippen LogP) is 5.50. The van der Waals surface area contributed by atoms with Crippen LogP contribution in [0.3, 0.4) is 0 Å². The predicted molar refractivity (Wildman–Crippen MR) is 83.2 cm³/mol. The van der Waals surface area contributed by atoms with Crippen LogP contribution in [0.25, 0.3) is 0 Å². The maximum absolute atomic E-state index is 14.3. The van der Waals surface area contributed by atoms with E-state index < -0.39 is 57.6 Å². The van der Waals surface area contributed by atoms with Gasteiger partial charge in [-0.2, -0.15) is 18.4 Å². The Morgan fingerprint density at radius 1 is 1.11 bits per heavy atom. The molecule has 0 aliphatic heterocycles. The van der Waals surface area contributed by atoms with Gasteiger partial charge in [0.15, 0.2) is 12.3 Å².